The van der Waals surface area contributed by atoms with E-state index in [9.17, 15) is 0 Å². The fourth-order valence-electron chi connectivity index (χ4n) is 2.69. The van der Waals surface area contributed by atoms with Gasteiger partial charge in [-0.1, -0.05) is 47.5 Å². The lowest BCUT2D eigenvalue weighted by atomic mass is 9.90. The number of rotatable bonds is 3. The maximum atomic E-state index is 6.18. The van der Waals surface area contributed by atoms with Crippen molar-refractivity contribution in [3.05, 3.63) is 73.3 Å². The van der Waals surface area contributed by atoms with Crippen molar-refractivity contribution in [2.75, 3.05) is 7.11 Å². The van der Waals surface area contributed by atoms with Gasteiger partial charge in [-0.15, -0.1) is 0 Å². The van der Waals surface area contributed by atoms with Gasteiger partial charge in [0, 0.05) is 3.58 Å². The van der Waals surface area contributed by atoms with Crippen LogP contribution < -0.4 is 4.74 Å². The second-order valence-electron chi connectivity index (χ2n) is 5.31. The fourth-order valence-corrected chi connectivity index (χ4v) is 4.11. The van der Waals surface area contributed by atoms with E-state index in [1.54, 1.807) is 7.11 Å². The van der Waals surface area contributed by atoms with Crippen molar-refractivity contribution in [3.63, 3.8) is 0 Å². The minimum atomic E-state index is 0.584. The number of hydrogen-bond acceptors (Lipinski definition) is 1. The molecule has 23 heavy (non-hydrogen) atoms. The molecule has 4 heteroatoms. The molecule has 0 aliphatic heterocycles. The molecule has 3 rings (SSSR count). The number of ether oxygens (including phenoxy) is 1. The Hall–Kier alpha value is -0.970. The maximum absolute atomic E-state index is 6.18. The van der Waals surface area contributed by atoms with Gasteiger partial charge < -0.3 is 4.74 Å². The average Bonchev–Trinajstić information content (AvgIpc) is 2.58. The summed E-state index contributed by atoms with van der Waals surface area (Å²) in [5, 5.41) is 1.17. The van der Waals surface area contributed by atoms with E-state index in [1.807, 2.05) is 30.3 Å². The summed E-state index contributed by atoms with van der Waals surface area (Å²) in [5.74, 6) is 0.875. The molecule has 2 aromatic carbocycles. The highest BCUT2D eigenvalue weighted by atomic mass is 127. The quantitative estimate of drug-likeness (QED) is 0.450. The predicted octanol–water partition coefficient (Wildman–Crippen LogP) is 7.03. The molecule has 0 saturated carbocycles. The van der Waals surface area contributed by atoms with E-state index in [1.165, 1.54) is 20.3 Å². The summed E-state index contributed by atoms with van der Waals surface area (Å²) in [6.45, 7) is 0. The van der Waals surface area contributed by atoms with Crippen LogP contribution in [0.3, 0.4) is 0 Å². The lowest BCUT2D eigenvalue weighted by Crippen LogP contribution is -1.97. The zero-order valence-corrected chi connectivity index (χ0v) is 16.2. The van der Waals surface area contributed by atoms with Crippen molar-refractivity contribution in [1.82, 2.24) is 0 Å². The Kier molecular flexibility index (Phi) is 5.34. The van der Waals surface area contributed by atoms with Gasteiger partial charge in [0.05, 0.1) is 17.2 Å². The van der Waals surface area contributed by atoms with E-state index in [4.69, 9.17) is 27.9 Å². The van der Waals surface area contributed by atoms with Gasteiger partial charge in [-0.3, -0.25) is 0 Å². The van der Waals surface area contributed by atoms with Gasteiger partial charge >= 0.3 is 0 Å². The second kappa shape index (κ2) is 7.29. The van der Waals surface area contributed by atoms with Crippen molar-refractivity contribution in [1.29, 1.82) is 0 Å². The molecule has 1 aliphatic carbocycles. The average molecular weight is 457 g/mol. The Bertz CT molecular complexity index is 792. The SMILES string of the molecule is COc1ccc(C2=C(I)C(c3ccc(Cl)c(Cl)c3)=CCC2)cc1. The van der Waals surface area contributed by atoms with Gasteiger partial charge in [0.25, 0.3) is 0 Å². The third kappa shape index (κ3) is 3.59. The third-order valence-electron chi connectivity index (χ3n) is 3.91. The van der Waals surface area contributed by atoms with Crippen LogP contribution in [0.2, 0.25) is 10.0 Å². The van der Waals surface area contributed by atoms with Crippen molar-refractivity contribution in [3.8, 4) is 5.75 Å². The number of benzene rings is 2. The molecule has 0 atom stereocenters. The van der Waals surface area contributed by atoms with Crippen LogP contribution in [0.4, 0.5) is 0 Å². The molecule has 0 radical (unpaired) electrons. The first-order chi connectivity index (χ1) is 11.1. The molecule has 0 aromatic heterocycles. The van der Waals surface area contributed by atoms with Gasteiger partial charge in [0.2, 0.25) is 0 Å². The largest absolute Gasteiger partial charge is 0.497 e. The summed E-state index contributed by atoms with van der Waals surface area (Å²) in [6.07, 6.45) is 4.33. The van der Waals surface area contributed by atoms with Crippen LogP contribution in [0.5, 0.6) is 5.75 Å². The summed E-state index contributed by atoms with van der Waals surface area (Å²) >= 11 is 14.6. The fraction of sp³-hybridized carbons (Fsp3) is 0.158. The predicted molar refractivity (Wildman–Crippen MR) is 108 cm³/mol. The number of allylic oxidation sites excluding steroid dienone is 4. The third-order valence-corrected chi connectivity index (χ3v) is 5.88. The van der Waals surface area contributed by atoms with E-state index < -0.39 is 0 Å². The Morgan fingerprint density at radius 3 is 2.30 bits per heavy atom. The van der Waals surface area contributed by atoms with Crippen LogP contribution in [-0.2, 0) is 0 Å². The molecule has 1 nitrogen and oxygen atoms in total. The lowest BCUT2D eigenvalue weighted by molar-refractivity contribution is 0.415. The van der Waals surface area contributed by atoms with Crippen LogP contribution >= 0.6 is 45.8 Å². The zero-order valence-electron chi connectivity index (χ0n) is 12.6. The lowest BCUT2D eigenvalue weighted by Gasteiger charge is -2.19. The molecule has 0 unspecified atom stereocenters. The van der Waals surface area contributed by atoms with Crippen molar-refractivity contribution in [2.45, 2.75) is 12.8 Å². The maximum Gasteiger partial charge on any atom is 0.118 e. The van der Waals surface area contributed by atoms with E-state index in [2.05, 4.69) is 40.8 Å². The normalized spacial score (nSPS) is 14.7. The molecule has 0 N–H and O–H groups in total. The summed E-state index contributed by atoms with van der Waals surface area (Å²) < 4.78 is 6.50. The topological polar surface area (TPSA) is 9.23 Å². The molecule has 0 fully saturated rings. The minimum absolute atomic E-state index is 0.584. The monoisotopic (exact) mass is 456 g/mol. The van der Waals surface area contributed by atoms with E-state index in [0.717, 1.165) is 24.2 Å². The molecule has 1 aliphatic rings. The van der Waals surface area contributed by atoms with E-state index in [-0.39, 0.29) is 0 Å². The summed E-state index contributed by atoms with van der Waals surface area (Å²) in [6, 6.07) is 14.1. The molecule has 0 amide bonds. The van der Waals surface area contributed by atoms with Gasteiger partial charge in [-0.2, -0.15) is 0 Å². The first-order valence-corrected chi connectivity index (χ1v) is 9.12. The summed E-state index contributed by atoms with van der Waals surface area (Å²) in [4.78, 5) is 0. The van der Waals surface area contributed by atoms with Gasteiger partial charge in [0.15, 0.2) is 0 Å². The summed E-state index contributed by atoms with van der Waals surface area (Å²) in [5.41, 5.74) is 4.92. The van der Waals surface area contributed by atoms with Crippen LogP contribution in [0.15, 0.2) is 52.1 Å². The van der Waals surface area contributed by atoms with Crippen molar-refractivity contribution >= 4 is 56.9 Å². The Morgan fingerprint density at radius 1 is 0.957 bits per heavy atom. The zero-order chi connectivity index (χ0) is 16.4. The number of halogens is 3. The molecule has 118 valence electrons. The highest BCUT2D eigenvalue weighted by Gasteiger charge is 2.17. The van der Waals surface area contributed by atoms with Gasteiger partial charge in [0.1, 0.15) is 5.75 Å². The van der Waals surface area contributed by atoms with Crippen LogP contribution in [-0.4, -0.2) is 7.11 Å². The van der Waals surface area contributed by atoms with Crippen molar-refractivity contribution in [2.24, 2.45) is 0 Å². The minimum Gasteiger partial charge on any atom is -0.497 e. The van der Waals surface area contributed by atoms with Crippen LogP contribution in [0.25, 0.3) is 11.1 Å². The smallest absolute Gasteiger partial charge is 0.118 e. The number of hydrogen-bond donors (Lipinski definition) is 0. The highest BCUT2D eigenvalue weighted by molar-refractivity contribution is 14.1. The first-order valence-electron chi connectivity index (χ1n) is 7.29. The van der Waals surface area contributed by atoms with Gasteiger partial charge in [-0.25, -0.2) is 0 Å². The molecule has 0 saturated heterocycles. The number of methoxy groups -OCH3 is 1. The van der Waals surface area contributed by atoms with E-state index in [0.29, 0.717) is 10.0 Å². The van der Waals surface area contributed by atoms with Crippen LogP contribution in [0.1, 0.15) is 24.0 Å². The molecule has 0 heterocycles. The Morgan fingerprint density at radius 2 is 1.65 bits per heavy atom. The van der Waals surface area contributed by atoms with Gasteiger partial charge in [-0.05, 0) is 82.0 Å². The van der Waals surface area contributed by atoms with E-state index >= 15 is 0 Å². The van der Waals surface area contributed by atoms with Crippen LogP contribution in [0, 0.1) is 0 Å². The Balaban J connectivity index is 2.00. The molecular weight excluding hydrogens is 442 g/mol. The molecule has 2 aromatic rings. The molecule has 0 bridgehead atoms. The highest BCUT2D eigenvalue weighted by Crippen LogP contribution is 2.42. The Labute approximate surface area is 160 Å². The molecular formula is C19H15Cl2IO. The summed E-state index contributed by atoms with van der Waals surface area (Å²) in [7, 11) is 1.68. The first kappa shape index (κ1) is 16.9. The standard InChI is InChI=1S/C19H15Cl2IO/c1-23-14-8-5-12(6-9-14)15-3-2-4-16(19(15)22)13-7-10-17(20)18(21)11-13/h4-11H,2-3H2,1H3. The second-order valence-corrected chi connectivity index (χ2v) is 7.20. The molecule has 0 spiro atoms. The van der Waals surface area contributed by atoms with Crippen molar-refractivity contribution < 1.29 is 4.74 Å².